The highest BCUT2D eigenvalue weighted by Crippen LogP contribution is 2.17. The van der Waals surface area contributed by atoms with Crippen molar-refractivity contribution in [2.45, 2.75) is 32.5 Å². The molecule has 1 aliphatic heterocycles. The molecule has 0 spiro atoms. The van der Waals surface area contributed by atoms with Gasteiger partial charge in [0.05, 0.1) is 12.8 Å². The molecule has 1 saturated heterocycles. The van der Waals surface area contributed by atoms with E-state index >= 15 is 0 Å². The minimum absolute atomic E-state index is 0.00633. The Labute approximate surface area is 155 Å². The van der Waals surface area contributed by atoms with Gasteiger partial charge in [-0.15, -0.1) is 0 Å². The summed E-state index contributed by atoms with van der Waals surface area (Å²) in [5, 5.41) is 9.38. The number of amides is 1. The van der Waals surface area contributed by atoms with E-state index in [0.717, 1.165) is 5.76 Å². The summed E-state index contributed by atoms with van der Waals surface area (Å²) in [6.07, 6.45) is 3.57. The molecule has 146 valence electrons. The highest BCUT2D eigenvalue weighted by molar-refractivity contribution is 5.76. The van der Waals surface area contributed by atoms with Crippen LogP contribution >= 0.6 is 0 Å². The second-order valence-corrected chi connectivity index (χ2v) is 6.75. The van der Waals surface area contributed by atoms with Crippen LogP contribution in [0.1, 0.15) is 17.7 Å². The van der Waals surface area contributed by atoms with Gasteiger partial charge < -0.3 is 14.4 Å². The molecular weight excluding hydrogens is 352 g/mol. The summed E-state index contributed by atoms with van der Waals surface area (Å²) in [4.78, 5) is 42.1. The van der Waals surface area contributed by atoms with Crippen molar-refractivity contribution < 1.29 is 14.3 Å². The third-order valence-corrected chi connectivity index (χ3v) is 4.85. The zero-order chi connectivity index (χ0) is 19.4. The van der Waals surface area contributed by atoms with Crippen LogP contribution in [0.4, 0.5) is 0 Å². The molecule has 9 nitrogen and oxygen atoms in total. The van der Waals surface area contributed by atoms with E-state index < -0.39 is 11.2 Å². The van der Waals surface area contributed by atoms with Gasteiger partial charge in [0.15, 0.2) is 0 Å². The normalized spacial score (nSPS) is 18.0. The van der Waals surface area contributed by atoms with Crippen molar-refractivity contribution in [2.24, 2.45) is 0 Å². The van der Waals surface area contributed by atoms with E-state index in [0.29, 0.717) is 38.2 Å². The van der Waals surface area contributed by atoms with Gasteiger partial charge in [-0.2, -0.15) is 0 Å². The van der Waals surface area contributed by atoms with E-state index in [-0.39, 0.29) is 25.1 Å². The van der Waals surface area contributed by atoms with Crippen molar-refractivity contribution in [1.29, 1.82) is 0 Å². The van der Waals surface area contributed by atoms with E-state index in [1.807, 2.05) is 12.1 Å². The Morgan fingerprint density at radius 1 is 1.37 bits per heavy atom. The molecular formula is C18H24N4O5. The zero-order valence-corrected chi connectivity index (χ0v) is 15.3. The fourth-order valence-corrected chi connectivity index (χ4v) is 3.33. The fraction of sp³-hybridized carbons (Fsp3) is 0.500. The lowest BCUT2D eigenvalue weighted by molar-refractivity contribution is -0.135. The number of H-pyrrole nitrogens is 1. The molecule has 3 rings (SSSR count). The SMILES string of the molecule is Cc1cn(CC(=O)N2CCN(Cc3ccco3)C(CCO)C2)c(=O)[nH]c1=O. The third-order valence-electron chi connectivity index (χ3n) is 4.85. The number of aromatic nitrogens is 2. The van der Waals surface area contributed by atoms with Gasteiger partial charge in [-0.1, -0.05) is 0 Å². The average molecular weight is 376 g/mol. The predicted octanol–water partition coefficient (Wildman–Crippen LogP) is -0.467. The number of hydrogen-bond donors (Lipinski definition) is 2. The van der Waals surface area contributed by atoms with Crippen LogP contribution in [0.5, 0.6) is 0 Å². The molecule has 2 aromatic heterocycles. The molecule has 0 saturated carbocycles. The van der Waals surface area contributed by atoms with Crippen LogP contribution in [0.3, 0.4) is 0 Å². The standard InChI is InChI=1S/C18H24N4O5/c1-13-9-22(18(26)19-17(13)25)12-16(24)21-6-5-20(14(10-21)4-7-23)11-15-3-2-8-27-15/h2-3,8-9,14,23H,4-7,10-12H2,1H3,(H,19,25,26). The van der Waals surface area contributed by atoms with Gasteiger partial charge in [0.25, 0.3) is 5.56 Å². The Morgan fingerprint density at radius 3 is 2.89 bits per heavy atom. The first-order valence-corrected chi connectivity index (χ1v) is 8.93. The Morgan fingerprint density at radius 2 is 2.19 bits per heavy atom. The number of aliphatic hydroxyl groups is 1. The minimum atomic E-state index is -0.595. The molecule has 2 N–H and O–H groups in total. The molecule has 3 heterocycles. The second-order valence-electron chi connectivity index (χ2n) is 6.75. The summed E-state index contributed by atoms with van der Waals surface area (Å²) >= 11 is 0. The van der Waals surface area contributed by atoms with Gasteiger partial charge in [0.2, 0.25) is 5.91 Å². The van der Waals surface area contributed by atoms with Crippen LogP contribution < -0.4 is 11.2 Å². The van der Waals surface area contributed by atoms with Gasteiger partial charge in [0, 0.05) is 44.0 Å². The lowest BCUT2D eigenvalue weighted by atomic mass is 10.1. The number of aliphatic hydroxyl groups excluding tert-OH is 1. The first-order valence-electron chi connectivity index (χ1n) is 8.93. The smallest absolute Gasteiger partial charge is 0.328 e. The van der Waals surface area contributed by atoms with Crippen LogP contribution in [-0.2, 0) is 17.9 Å². The highest BCUT2D eigenvalue weighted by Gasteiger charge is 2.29. The molecule has 0 aliphatic carbocycles. The maximum atomic E-state index is 12.7. The Bertz CT molecular complexity index is 886. The first kappa shape index (κ1) is 19.1. The molecule has 27 heavy (non-hydrogen) atoms. The number of aryl methyl sites for hydroxylation is 1. The van der Waals surface area contributed by atoms with E-state index in [1.165, 1.54) is 10.8 Å². The van der Waals surface area contributed by atoms with Crippen LogP contribution in [0.15, 0.2) is 38.6 Å². The van der Waals surface area contributed by atoms with Crippen molar-refractivity contribution in [2.75, 3.05) is 26.2 Å². The van der Waals surface area contributed by atoms with Gasteiger partial charge in [0.1, 0.15) is 12.3 Å². The summed E-state index contributed by atoms with van der Waals surface area (Å²) in [5.74, 6) is 0.650. The zero-order valence-electron chi connectivity index (χ0n) is 15.3. The Kier molecular flexibility index (Phi) is 5.92. The van der Waals surface area contributed by atoms with Crippen LogP contribution in [0, 0.1) is 6.92 Å². The number of carbonyl (C=O) groups excluding carboxylic acids is 1. The van der Waals surface area contributed by atoms with E-state index in [4.69, 9.17) is 4.42 Å². The summed E-state index contributed by atoms with van der Waals surface area (Å²) in [6.45, 7) is 3.76. The van der Waals surface area contributed by atoms with Gasteiger partial charge >= 0.3 is 5.69 Å². The monoisotopic (exact) mass is 376 g/mol. The van der Waals surface area contributed by atoms with Crippen molar-refractivity contribution in [3.63, 3.8) is 0 Å². The summed E-state index contributed by atoms with van der Waals surface area (Å²) in [5.41, 5.74) is -0.663. The number of rotatable bonds is 6. The maximum absolute atomic E-state index is 12.7. The minimum Gasteiger partial charge on any atom is -0.468 e. The number of nitrogens with one attached hydrogen (secondary N) is 1. The molecule has 0 bridgehead atoms. The average Bonchev–Trinajstić information content (AvgIpc) is 3.14. The molecule has 9 heteroatoms. The quantitative estimate of drug-likeness (QED) is 0.705. The van der Waals surface area contributed by atoms with E-state index in [1.54, 1.807) is 18.1 Å². The molecule has 0 aromatic carbocycles. The molecule has 1 aliphatic rings. The molecule has 1 unspecified atom stereocenters. The predicted molar refractivity (Wildman–Crippen MR) is 97.2 cm³/mol. The molecule has 0 radical (unpaired) electrons. The topological polar surface area (TPSA) is 112 Å². The van der Waals surface area contributed by atoms with Gasteiger partial charge in [-0.25, -0.2) is 4.79 Å². The number of hydrogen-bond acceptors (Lipinski definition) is 6. The third kappa shape index (κ3) is 4.55. The second kappa shape index (κ2) is 8.36. The molecule has 2 aromatic rings. The van der Waals surface area contributed by atoms with Crippen molar-refractivity contribution in [1.82, 2.24) is 19.4 Å². The van der Waals surface area contributed by atoms with Crippen LogP contribution in [0.25, 0.3) is 0 Å². The van der Waals surface area contributed by atoms with Gasteiger partial charge in [-0.3, -0.25) is 24.0 Å². The lowest BCUT2D eigenvalue weighted by Gasteiger charge is -2.41. The number of carbonyl (C=O) groups is 1. The summed E-state index contributed by atoms with van der Waals surface area (Å²) in [7, 11) is 0. The number of aromatic amines is 1. The van der Waals surface area contributed by atoms with E-state index in [2.05, 4.69) is 9.88 Å². The Hall–Kier alpha value is -2.65. The molecule has 1 amide bonds. The summed E-state index contributed by atoms with van der Waals surface area (Å²) < 4.78 is 6.62. The number of piperazine rings is 1. The number of furan rings is 1. The number of nitrogens with zero attached hydrogens (tertiary/aromatic N) is 3. The molecule has 1 fully saturated rings. The molecule has 1 atom stereocenters. The highest BCUT2D eigenvalue weighted by atomic mass is 16.3. The van der Waals surface area contributed by atoms with Crippen molar-refractivity contribution in [3.8, 4) is 0 Å². The van der Waals surface area contributed by atoms with Crippen molar-refractivity contribution >= 4 is 5.91 Å². The first-order chi connectivity index (χ1) is 13.0. The van der Waals surface area contributed by atoms with Crippen LogP contribution in [-0.4, -0.2) is 62.6 Å². The van der Waals surface area contributed by atoms with E-state index in [9.17, 15) is 19.5 Å². The van der Waals surface area contributed by atoms with Crippen molar-refractivity contribution in [3.05, 3.63) is 56.8 Å². The fourth-order valence-electron chi connectivity index (χ4n) is 3.33. The Balaban J connectivity index is 1.67. The largest absolute Gasteiger partial charge is 0.468 e. The van der Waals surface area contributed by atoms with Gasteiger partial charge in [-0.05, 0) is 25.5 Å². The summed E-state index contributed by atoms with van der Waals surface area (Å²) in [6, 6.07) is 3.74. The van der Waals surface area contributed by atoms with Crippen LogP contribution in [0.2, 0.25) is 0 Å². The lowest BCUT2D eigenvalue weighted by Crippen LogP contribution is -2.55. The maximum Gasteiger partial charge on any atom is 0.328 e.